The highest BCUT2D eigenvalue weighted by atomic mass is 16.6. The van der Waals surface area contributed by atoms with Gasteiger partial charge in [0.1, 0.15) is 30.0 Å². The molecule has 0 saturated carbocycles. The molecule has 11 nitrogen and oxygen atoms in total. The fraction of sp³-hybridized carbons (Fsp3) is 0.385. The maximum Gasteiger partial charge on any atom is 0.408 e. The maximum atomic E-state index is 12.6. The zero-order chi connectivity index (χ0) is 28.0. The van der Waals surface area contributed by atoms with Crippen molar-refractivity contribution >= 4 is 23.9 Å². The SMILES string of the molecule is C[C@@H](NC(=O)C(Cc1ccc(OCc2ccccc2)cc1)NC(=O)OC(C)(C)C)C(=O)O.NCC(=O)O. The van der Waals surface area contributed by atoms with Gasteiger partial charge in [-0.3, -0.25) is 14.4 Å². The molecule has 11 heteroatoms. The number of ether oxygens (including phenoxy) is 2. The molecule has 0 aliphatic carbocycles. The molecular formula is C26H35N3O8. The van der Waals surface area contributed by atoms with Crippen LogP contribution in [-0.4, -0.2) is 58.4 Å². The molecule has 2 rings (SSSR count). The lowest BCUT2D eigenvalue weighted by Gasteiger charge is -2.24. The summed E-state index contributed by atoms with van der Waals surface area (Å²) in [5.74, 6) is -2.09. The van der Waals surface area contributed by atoms with E-state index in [9.17, 15) is 19.2 Å². The predicted molar refractivity (Wildman–Crippen MR) is 136 cm³/mol. The Morgan fingerprint density at radius 1 is 0.919 bits per heavy atom. The topological polar surface area (TPSA) is 177 Å². The number of aliphatic carboxylic acids is 2. The third kappa shape index (κ3) is 13.5. The largest absolute Gasteiger partial charge is 0.489 e. The molecule has 0 aliphatic heterocycles. The molecule has 0 spiro atoms. The standard InChI is InChI=1S/C24H30N2O6.C2H5NO2/c1-16(22(28)29)25-21(27)20(26-23(30)32-24(2,3)4)14-17-10-12-19(13-11-17)31-15-18-8-6-5-7-9-18;3-1-2(4)5/h5-13,16,20H,14-15H2,1-4H3,(H,25,27)(H,26,30)(H,28,29);1,3H2,(H,4,5)/t16-,20?;/m1./s1. The van der Waals surface area contributed by atoms with E-state index in [-0.39, 0.29) is 13.0 Å². The Labute approximate surface area is 216 Å². The number of nitrogens with two attached hydrogens (primary N) is 1. The summed E-state index contributed by atoms with van der Waals surface area (Å²) in [5.41, 5.74) is 5.64. The molecule has 0 aromatic heterocycles. The van der Waals surface area contributed by atoms with E-state index in [4.69, 9.17) is 19.7 Å². The van der Waals surface area contributed by atoms with Gasteiger partial charge >= 0.3 is 18.0 Å². The monoisotopic (exact) mass is 517 g/mol. The fourth-order valence-corrected chi connectivity index (χ4v) is 2.73. The van der Waals surface area contributed by atoms with Crippen molar-refractivity contribution in [2.24, 2.45) is 5.73 Å². The Morgan fingerprint density at radius 3 is 1.97 bits per heavy atom. The van der Waals surface area contributed by atoms with Crippen molar-refractivity contribution in [3.63, 3.8) is 0 Å². The number of hydrogen-bond donors (Lipinski definition) is 5. The van der Waals surface area contributed by atoms with Crippen LogP contribution in [0.15, 0.2) is 54.6 Å². The van der Waals surface area contributed by atoms with Gasteiger partial charge in [0.15, 0.2) is 0 Å². The minimum atomic E-state index is -1.17. The fourth-order valence-electron chi connectivity index (χ4n) is 2.73. The number of carboxylic acid groups (broad SMARTS) is 2. The van der Waals surface area contributed by atoms with Crippen LogP contribution >= 0.6 is 0 Å². The van der Waals surface area contributed by atoms with E-state index >= 15 is 0 Å². The van der Waals surface area contributed by atoms with Crippen LogP contribution < -0.4 is 21.1 Å². The molecule has 2 aromatic rings. The van der Waals surface area contributed by atoms with Gasteiger partial charge in [0, 0.05) is 6.42 Å². The summed E-state index contributed by atoms with van der Waals surface area (Å²) in [6.07, 6.45) is -0.612. The van der Waals surface area contributed by atoms with Gasteiger partial charge in [0.05, 0.1) is 6.54 Å². The van der Waals surface area contributed by atoms with Gasteiger partial charge in [0.25, 0.3) is 0 Å². The quantitative estimate of drug-likeness (QED) is 0.316. The second-order valence-corrected chi connectivity index (χ2v) is 8.99. The van der Waals surface area contributed by atoms with E-state index in [1.807, 2.05) is 30.3 Å². The molecule has 2 aromatic carbocycles. The summed E-state index contributed by atoms with van der Waals surface area (Å²) < 4.78 is 11.0. The van der Waals surface area contributed by atoms with E-state index in [0.29, 0.717) is 12.4 Å². The van der Waals surface area contributed by atoms with Crippen molar-refractivity contribution in [2.45, 2.75) is 58.4 Å². The van der Waals surface area contributed by atoms with Gasteiger partial charge < -0.3 is 36.1 Å². The van der Waals surface area contributed by atoms with Crippen molar-refractivity contribution in [3.8, 4) is 5.75 Å². The predicted octanol–water partition coefficient (Wildman–Crippen LogP) is 2.32. The molecule has 37 heavy (non-hydrogen) atoms. The van der Waals surface area contributed by atoms with Crippen LogP contribution in [0.1, 0.15) is 38.8 Å². The van der Waals surface area contributed by atoms with Gasteiger partial charge in [-0.2, -0.15) is 0 Å². The second kappa shape index (κ2) is 15.1. The van der Waals surface area contributed by atoms with Crippen LogP contribution in [0.25, 0.3) is 0 Å². The van der Waals surface area contributed by atoms with E-state index in [2.05, 4.69) is 16.4 Å². The second-order valence-electron chi connectivity index (χ2n) is 8.99. The van der Waals surface area contributed by atoms with E-state index in [0.717, 1.165) is 11.1 Å². The van der Waals surface area contributed by atoms with Crippen LogP contribution in [0, 0.1) is 0 Å². The van der Waals surface area contributed by atoms with E-state index in [1.54, 1.807) is 45.0 Å². The first kappa shape index (κ1) is 30.9. The van der Waals surface area contributed by atoms with Crippen molar-refractivity contribution in [2.75, 3.05) is 6.54 Å². The molecule has 2 amide bonds. The molecule has 202 valence electrons. The van der Waals surface area contributed by atoms with Crippen molar-refractivity contribution in [1.29, 1.82) is 0 Å². The Bertz CT molecular complexity index is 1020. The average molecular weight is 518 g/mol. The number of carbonyl (C=O) groups is 4. The summed E-state index contributed by atoms with van der Waals surface area (Å²) >= 11 is 0. The number of carboxylic acids is 2. The number of nitrogens with one attached hydrogen (secondary N) is 2. The summed E-state index contributed by atoms with van der Waals surface area (Å²) in [4.78, 5) is 45.2. The smallest absolute Gasteiger partial charge is 0.408 e. The number of rotatable bonds is 10. The summed E-state index contributed by atoms with van der Waals surface area (Å²) in [7, 11) is 0. The van der Waals surface area contributed by atoms with Gasteiger partial charge in [0.2, 0.25) is 5.91 Å². The molecule has 0 aliphatic rings. The van der Waals surface area contributed by atoms with Crippen LogP contribution in [0.3, 0.4) is 0 Å². The van der Waals surface area contributed by atoms with Crippen molar-refractivity contribution in [3.05, 3.63) is 65.7 Å². The third-order valence-corrected chi connectivity index (χ3v) is 4.52. The molecule has 0 bridgehead atoms. The Balaban J connectivity index is 0.00000124. The Morgan fingerprint density at radius 2 is 1.49 bits per heavy atom. The van der Waals surface area contributed by atoms with Crippen molar-refractivity contribution in [1.82, 2.24) is 10.6 Å². The lowest BCUT2D eigenvalue weighted by atomic mass is 10.0. The third-order valence-electron chi connectivity index (χ3n) is 4.52. The first-order chi connectivity index (χ1) is 17.3. The van der Waals surface area contributed by atoms with Crippen molar-refractivity contribution < 1.29 is 38.9 Å². The number of alkyl carbamates (subject to hydrolysis) is 1. The molecule has 1 unspecified atom stereocenters. The molecule has 2 atom stereocenters. The number of benzene rings is 2. The molecule has 0 heterocycles. The zero-order valence-corrected chi connectivity index (χ0v) is 21.4. The average Bonchev–Trinajstić information content (AvgIpc) is 2.82. The first-order valence-corrected chi connectivity index (χ1v) is 11.5. The summed E-state index contributed by atoms with van der Waals surface area (Å²) in [6, 6.07) is 14.8. The Hall–Kier alpha value is -4.12. The van der Waals surface area contributed by atoms with Gasteiger partial charge in [-0.15, -0.1) is 0 Å². The minimum absolute atomic E-state index is 0.149. The van der Waals surface area contributed by atoms with Gasteiger partial charge in [-0.05, 0) is 51.0 Å². The van der Waals surface area contributed by atoms with Crippen LogP contribution in [0.5, 0.6) is 5.75 Å². The molecule has 0 saturated heterocycles. The molecule has 0 fully saturated rings. The van der Waals surface area contributed by atoms with E-state index < -0.39 is 41.6 Å². The summed E-state index contributed by atoms with van der Waals surface area (Å²) in [5, 5.41) is 21.6. The van der Waals surface area contributed by atoms with E-state index in [1.165, 1.54) is 6.92 Å². The zero-order valence-electron chi connectivity index (χ0n) is 21.4. The highest BCUT2D eigenvalue weighted by Gasteiger charge is 2.27. The van der Waals surface area contributed by atoms with Crippen LogP contribution in [-0.2, 0) is 32.1 Å². The van der Waals surface area contributed by atoms with Crippen LogP contribution in [0.2, 0.25) is 0 Å². The van der Waals surface area contributed by atoms with Crippen LogP contribution in [0.4, 0.5) is 4.79 Å². The number of amides is 2. The number of carbonyl (C=O) groups excluding carboxylic acids is 2. The maximum absolute atomic E-state index is 12.6. The lowest BCUT2D eigenvalue weighted by Crippen LogP contribution is -2.52. The highest BCUT2D eigenvalue weighted by molar-refractivity contribution is 5.89. The minimum Gasteiger partial charge on any atom is -0.489 e. The van der Waals surface area contributed by atoms with Gasteiger partial charge in [-0.25, -0.2) is 4.79 Å². The normalized spacial score (nSPS) is 12.1. The molecule has 0 radical (unpaired) electrons. The lowest BCUT2D eigenvalue weighted by molar-refractivity contribution is -0.141. The Kier molecular flexibility index (Phi) is 12.6. The molecular weight excluding hydrogens is 482 g/mol. The van der Waals surface area contributed by atoms with Gasteiger partial charge in [-0.1, -0.05) is 42.5 Å². The first-order valence-electron chi connectivity index (χ1n) is 11.5. The number of hydrogen-bond acceptors (Lipinski definition) is 7. The molecule has 6 N–H and O–H groups in total. The highest BCUT2D eigenvalue weighted by Crippen LogP contribution is 2.16. The summed E-state index contributed by atoms with van der Waals surface area (Å²) in [6.45, 7) is 6.63.